The Hall–Kier alpha value is -0.830. The minimum absolute atomic E-state index is 0. The Morgan fingerprint density at radius 1 is 0.875 bits per heavy atom. The number of hydrogen-bond donors (Lipinski definition) is 0. The molecule has 2 bridgehead atoms. The van der Waals surface area contributed by atoms with Gasteiger partial charge in [-0.25, -0.2) is 0 Å². The van der Waals surface area contributed by atoms with Crippen LogP contribution in [0, 0.1) is 13.8 Å². The average Bonchev–Trinajstić information content (AvgIpc) is 3.36. The zero-order valence-corrected chi connectivity index (χ0v) is 24.9. The first kappa shape index (κ1) is 27.4. The van der Waals surface area contributed by atoms with Gasteiger partial charge in [-0.1, -0.05) is 67.6 Å². The summed E-state index contributed by atoms with van der Waals surface area (Å²) in [5.41, 5.74) is 8.19. The third-order valence-electron chi connectivity index (χ3n) is 6.60. The molecule has 5 heteroatoms. The molecule has 0 nitrogen and oxygen atoms in total. The van der Waals surface area contributed by atoms with Crippen molar-refractivity contribution in [1.82, 2.24) is 0 Å². The van der Waals surface area contributed by atoms with E-state index in [1.165, 1.54) is 32.3 Å². The summed E-state index contributed by atoms with van der Waals surface area (Å²) in [6, 6.07) is 24.0. The maximum atomic E-state index is 2.52. The number of aryl methyl sites for hydroxylation is 2. The molecule has 0 fully saturated rings. The van der Waals surface area contributed by atoms with Gasteiger partial charge in [0.2, 0.25) is 0 Å². The van der Waals surface area contributed by atoms with E-state index in [2.05, 4.69) is 101 Å². The van der Waals surface area contributed by atoms with Crippen LogP contribution in [0.25, 0.3) is 27.1 Å². The maximum Gasteiger partial charge on any atom is 3.00 e. The fourth-order valence-electron chi connectivity index (χ4n) is 5.55. The molecule has 4 aromatic rings. The van der Waals surface area contributed by atoms with Crippen LogP contribution < -0.4 is 24.8 Å². The molecule has 3 heterocycles. The molecule has 0 spiro atoms. The van der Waals surface area contributed by atoms with Crippen molar-refractivity contribution in [3.05, 3.63) is 93.2 Å². The van der Waals surface area contributed by atoms with Gasteiger partial charge in [0, 0.05) is 15.3 Å². The number of allylic oxidation sites excluding steroid dienone is 1. The van der Waals surface area contributed by atoms with Crippen LogP contribution in [0.2, 0.25) is 13.1 Å². The van der Waals surface area contributed by atoms with Gasteiger partial charge in [-0.3, -0.25) is 0 Å². The van der Waals surface area contributed by atoms with Crippen LogP contribution in [0.1, 0.15) is 33.3 Å². The quantitative estimate of drug-likeness (QED) is 0.242. The summed E-state index contributed by atoms with van der Waals surface area (Å²) < 4.78 is 0. The molecule has 0 saturated heterocycles. The van der Waals surface area contributed by atoms with E-state index in [1.54, 1.807) is 21.2 Å². The molecule has 1 aromatic heterocycles. The van der Waals surface area contributed by atoms with Crippen molar-refractivity contribution in [3.63, 3.8) is 0 Å². The molecule has 1 aliphatic carbocycles. The number of fused-ring (bicyclic) bond motifs is 1. The molecule has 1 unspecified atom stereocenters. The monoisotopic (exact) mass is 571 g/mol. The van der Waals surface area contributed by atoms with Crippen LogP contribution in [0.5, 0.6) is 0 Å². The third-order valence-corrected chi connectivity index (χ3v) is 12.0. The fourth-order valence-corrected chi connectivity index (χ4v) is 11.8. The molecule has 32 heavy (non-hydrogen) atoms. The van der Waals surface area contributed by atoms with Crippen molar-refractivity contribution in [2.45, 2.75) is 39.4 Å². The Bertz CT molecular complexity index is 1270. The third kappa shape index (κ3) is 4.32. The van der Waals surface area contributed by atoms with E-state index in [0.717, 1.165) is 5.54 Å². The van der Waals surface area contributed by atoms with Crippen molar-refractivity contribution in [2.75, 3.05) is 0 Å². The van der Waals surface area contributed by atoms with Gasteiger partial charge in [0.25, 0.3) is 0 Å². The van der Waals surface area contributed by atoms with E-state index in [9.17, 15) is 0 Å². The average molecular weight is 574 g/mol. The zero-order chi connectivity index (χ0) is 20.3. The molecule has 1 atom stereocenters. The van der Waals surface area contributed by atoms with Crippen LogP contribution in [0.3, 0.4) is 0 Å². The first-order valence-electron chi connectivity index (χ1n) is 10.4. The standard InChI is InChI=1S/C16H13.C11H14SSi.2ClH.Zr/c1-12-10-14-8-5-9-15(16(14)11-12)13-6-3-2-4-7-13;1-6-5-8-9(12-6)11-7(2)10(8)13(11,3)4;;;/h2-11H,1H3;5,10H,1-4H3;2*1H;/q-1;;;;+3/p-2. The molecule has 7 rings (SSSR count). The molecule has 0 saturated carbocycles. The van der Waals surface area contributed by atoms with Crippen molar-refractivity contribution >= 4 is 35.4 Å². The first-order chi connectivity index (χ1) is 13.9. The van der Waals surface area contributed by atoms with E-state index >= 15 is 0 Å². The molecule has 0 amide bonds. The van der Waals surface area contributed by atoms with Gasteiger partial charge in [-0.15, -0.1) is 45.9 Å². The van der Waals surface area contributed by atoms with E-state index in [-0.39, 0.29) is 51.0 Å². The minimum Gasteiger partial charge on any atom is -1.00 e. The summed E-state index contributed by atoms with van der Waals surface area (Å²) in [6.07, 6.45) is 0. The predicted octanol–water partition coefficient (Wildman–Crippen LogP) is 2.27. The number of rotatable bonds is 1. The summed E-state index contributed by atoms with van der Waals surface area (Å²) in [5, 5.41) is 4.47. The van der Waals surface area contributed by atoms with Crippen molar-refractivity contribution in [1.29, 1.82) is 0 Å². The second kappa shape index (κ2) is 10.2. The van der Waals surface area contributed by atoms with Gasteiger partial charge in [0.05, 0.1) is 8.07 Å². The molecule has 3 aromatic carbocycles. The summed E-state index contributed by atoms with van der Waals surface area (Å²) in [7, 11) is -0.995. The maximum absolute atomic E-state index is 2.52. The van der Waals surface area contributed by atoms with Gasteiger partial charge in [-0.2, -0.15) is 6.07 Å². The topological polar surface area (TPSA) is 0 Å². The number of thiophene rings is 1. The number of benzene rings is 2. The van der Waals surface area contributed by atoms with Crippen molar-refractivity contribution < 1.29 is 51.0 Å². The fraction of sp³-hybridized carbons (Fsp3) is 0.222. The molecule has 3 aliphatic rings. The van der Waals surface area contributed by atoms with E-state index in [0.29, 0.717) is 0 Å². The first-order valence-corrected chi connectivity index (χ1v) is 14.3. The summed E-state index contributed by atoms with van der Waals surface area (Å²) in [5.74, 6) is 0. The Labute approximate surface area is 228 Å². The van der Waals surface area contributed by atoms with Gasteiger partial charge in [-0.05, 0) is 36.2 Å². The summed E-state index contributed by atoms with van der Waals surface area (Å²) in [4.78, 5) is 3.14. The molecule has 1 radical (unpaired) electrons. The molecule has 163 valence electrons. The SMILES string of the molecule is CC1=C2c3sc(C)cc3C1[Si]2(C)C.Cc1cc2c(-c3ccccc3)cccc2[cH-]1.[Cl-].[Cl-].[Zr+3]. The summed E-state index contributed by atoms with van der Waals surface area (Å²) in [6.45, 7) is 11.7. The van der Waals surface area contributed by atoms with Crippen LogP contribution in [0.4, 0.5) is 0 Å². The van der Waals surface area contributed by atoms with E-state index < -0.39 is 8.07 Å². The van der Waals surface area contributed by atoms with Crippen LogP contribution in [-0.4, -0.2) is 8.07 Å². The number of halogens is 2. The van der Waals surface area contributed by atoms with Gasteiger partial charge in [0.1, 0.15) is 0 Å². The second-order valence-corrected chi connectivity index (χ2v) is 14.8. The molecular weight excluding hydrogens is 547 g/mol. The van der Waals surface area contributed by atoms with E-state index in [4.69, 9.17) is 0 Å². The minimum atomic E-state index is -0.995. The molecule has 2 aliphatic heterocycles. The van der Waals surface area contributed by atoms with Gasteiger partial charge >= 0.3 is 26.2 Å². The second-order valence-electron chi connectivity index (χ2n) is 9.06. The Morgan fingerprint density at radius 3 is 2.19 bits per heavy atom. The normalized spacial score (nSPS) is 16.6. The van der Waals surface area contributed by atoms with Crippen LogP contribution in [0.15, 0.2) is 72.3 Å². The van der Waals surface area contributed by atoms with Crippen molar-refractivity contribution in [2.24, 2.45) is 0 Å². The van der Waals surface area contributed by atoms with Crippen LogP contribution in [-0.2, 0) is 26.2 Å². The smallest absolute Gasteiger partial charge is 1.00 e. The van der Waals surface area contributed by atoms with Crippen LogP contribution >= 0.6 is 11.3 Å². The summed E-state index contributed by atoms with van der Waals surface area (Å²) >= 11 is 2.01. The Balaban J connectivity index is 0.000000211. The Kier molecular flexibility index (Phi) is 8.74. The van der Waals surface area contributed by atoms with Gasteiger partial charge < -0.3 is 24.8 Å². The van der Waals surface area contributed by atoms with E-state index in [1.807, 2.05) is 11.3 Å². The molecule has 0 N–H and O–H groups in total. The Morgan fingerprint density at radius 2 is 1.56 bits per heavy atom. The van der Waals surface area contributed by atoms with Crippen molar-refractivity contribution in [3.8, 4) is 11.1 Å². The zero-order valence-electron chi connectivity index (χ0n) is 19.1. The van der Waals surface area contributed by atoms with Gasteiger partial charge in [0.15, 0.2) is 0 Å². The largest absolute Gasteiger partial charge is 3.00 e. The molecular formula is C27H27Cl2SSiZr. The predicted molar refractivity (Wildman–Crippen MR) is 132 cm³/mol. The number of hydrogen-bond acceptors (Lipinski definition) is 1.